The molecule has 0 saturated carbocycles. The molecule has 0 N–H and O–H groups in total. The number of alkyl halides is 3. The number of fused-ring (bicyclic) bond motifs is 1. The van der Waals surface area contributed by atoms with Crippen molar-refractivity contribution in [2.75, 3.05) is 13.2 Å². The Hall–Kier alpha value is -2.57. The third kappa shape index (κ3) is 4.98. The van der Waals surface area contributed by atoms with Gasteiger partial charge >= 0.3 is 6.18 Å². The van der Waals surface area contributed by atoms with Crippen molar-refractivity contribution in [2.24, 2.45) is 5.92 Å². The summed E-state index contributed by atoms with van der Waals surface area (Å²) < 4.78 is 87.7. The summed E-state index contributed by atoms with van der Waals surface area (Å²) in [6.07, 6.45) is 0.509. The van der Waals surface area contributed by atoms with Crippen LogP contribution in [0.3, 0.4) is 0 Å². The van der Waals surface area contributed by atoms with Gasteiger partial charge in [0.15, 0.2) is 9.84 Å². The molecule has 6 nitrogen and oxygen atoms in total. The second kappa shape index (κ2) is 9.71. The number of likely N-dealkylation sites (tertiary alicyclic amines) is 1. The first-order chi connectivity index (χ1) is 17.1. The molecule has 2 aromatic heterocycles. The van der Waals surface area contributed by atoms with Crippen LogP contribution in [0.2, 0.25) is 0 Å². The van der Waals surface area contributed by atoms with E-state index in [0.29, 0.717) is 22.6 Å². The molecule has 3 aromatic rings. The van der Waals surface area contributed by atoms with Gasteiger partial charge in [-0.05, 0) is 43.1 Å². The van der Waals surface area contributed by atoms with Crippen LogP contribution in [0.15, 0.2) is 53.1 Å². The van der Waals surface area contributed by atoms with E-state index in [1.54, 1.807) is 29.9 Å². The Labute approximate surface area is 209 Å². The van der Waals surface area contributed by atoms with Crippen molar-refractivity contribution >= 4 is 21.2 Å². The number of halogens is 4. The molecule has 5 rings (SSSR count). The van der Waals surface area contributed by atoms with Gasteiger partial charge in [0.25, 0.3) is 0 Å². The highest BCUT2D eigenvalue weighted by Crippen LogP contribution is 2.48. The molecule has 0 bridgehead atoms. The Morgan fingerprint density at radius 2 is 1.89 bits per heavy atom. The minimum absolute atomic E-state index is 0.0689. The number of nitrogens with zero attached hydrogens (tertiary/aromatic N) is 3. The van der Waals surface area contributed by atoms with Gasteiger partial charge in [0.05, 0.1) is 12.5 Å². The van der Waals surface area contributed by atoms with Gasteiger partial charge in [0, 0.05) is 54.1 Å². The van der Waals surface area contributed by atoms with Crippen molar-refractivity contribution in [3.8, 4) is 5.75 Å². The third-order valence-corrected chi connectivity index (χ3v) is 9.40. The molecule has 1 fully saturated rings. The molecule has 0 spiro atoms. The molecule has 4 heterocycles. The van der Waals surface area contributed by atoms with Gasteiger partial charge in [0.2, 0.25) is 0 Å². The molecule has 0 amide bonds. The number of hydrogen-bond donors (Lipinski definition) is 0. The maximum atomic E-state index is 15.3. The molecule has 0 unspecified atom stereocenters. The van der Waals surface area contributed by atoms with E-state index in [0.717, 1.165) is 17.4 Å². The Balaban J connectivity index is 1.49. The van der Waals surface area contributed by atoms with E-state index in [1.807, 2.05) is 4.90 Å². The molecule has 1 saturated heterocycles. The van der Waals surface area contributed by atoms with Crippen LogP contribution in [-0.4, -0.2) is 42.6 Å². The molecule has 1 aromatic carbocycles. The van der Waals surface area contributed by atoms with Gasteiger partial charge in [-0.15, -0.1) is 11.3 Å². The van der Waals surface area contributed by atoms with E-state index in [-0.39, 0.29) is 31.7 Å². The van der Waals surface area contributed by atoms with Crippen molar-refractivity contribution in [2.45, 2.75) is 48.2 Å². The van der Waals surface area contributed by atoms with Gasteiger partial charge in [-0.3, -0.25) is 9.88 Å². The van der Waals surface area contributed by atoms with E-state index >= 15 is 4.39 Å². The van der Waals surface area contributed by atoms with Crippen molar-refractivity contribution in [3.63, 3.8) is 0 Å². The highest BCUT2D eigenvalue weighted by atomic mass is 32.2. The summed E-state index contributed by atoms with van der Waals surface area (Å²) in [6.45, 7) is 0.393. The predicted octanol–water partition coefficient (Wildman–Crippen LogP) is 5.49. The lowest BCUT2D eigenvalue weighted by molar-refractivity contribution is -0.192. The maximum Gasteiger partial charge on any atom is 0.391 e. The molecule has 2 aliphatic heterocycles. The fraction of sp³-hybridized carbons (Fsp3) is 0.417. The third-order valence-electron chi connectivity index (χ3n) is 6.80. The van der Waals surface area contributed by atoms with E-state index < -0.39 is 50.5 Å². The summed E-state index contributed by atoms with van der Waals surface area (Å²) in [4.78, 5) is 9.44. The second-order valence-electron chi connectivity index (χ2n) is 8.96. The summed E-state index contributed by atoms with van der Waals surface area (Å²) in [6, 6.07) is 4.78. The SMILES string of the molecule is O=S(=O)(Cc1nccs1)c1cc2c(cc1F)[C@@H](N1CC[C@@H](C(F)(F)F)C[C@H]1c1ccncc1)CCO2. The summed E-state index contributed by atoms with van der Waals surface area (Å²) in [7, 11) is -4.02. The van der Waals surface area contributed by atoms with E-state index in [2.05, 4.69) is 9.97 Å². The average molecular weight is 542 g/mol. The number of sulfone groups is 1. The zero-order valence-corrected chi connectivity index (χ0v) is 20.6. The number of rotatable bonds is 5. The normalized spacial score (nSPS) is 23.2. The average Bonchev–Trinajstić information content (AvgIpc) is 3.35. The number of aromatic nitrogens is 2. The quantitative estimate of drug-likeness (QED) is 0.398. The Morgan fingerprint density at radius 3 is 2.58 bits per heavy atom. The van der Waals surface area contributed by atoms with Crippen LogP contribution in [0.4, 0.5) is 17.6 Å². The summed E-state index contributed by atoms with van der Waals surface area (Å²) in [5.74, 6) is -2.55. The minimum Gasteiger partial charge on any atom is -0.493 e. The highest BCUT2D eigenvalue weighted by molar-refractivity contribution is 7.90. The zero-order chi connectivity index (χ0) is 25.5. The highest BCUT2D eigenvalue weighted by Gasteiger charge is 2.46. The Kier molecular flexibility index (Phi) is 6.77. The van der Waals surface area contributed by atoms with Crippen LogP contribution in [0.1, 0.15) is 47.5 Å². The van der Waals surface area contributed by atoms with Crippen LogP contribution < -0.4 is 4.74 Å². The molecular formula is C24H23F4N3O3S2. The molecule has 36 heavy (non-hydrogen) atoms. The Bertz CT molecular complexity index is 1320. The molecule has 12 heteroatoms. The van der Waals surface area contributed by atoms with Crippen LogP contribution in [0.25, 0.3) is 0 Å². The number of hydrogen-bond acceptors (Lipinski definition) is 7. The molecule has 0 radical (unpaired) electrons. The largest absolute Gasteiger partial charge is 0.493 e. The molecular weight excluding hydrogens is 518 g/mol. The summed E-state index contributed by atoms with van der Waals surface area (Å²) in [5, 5.41) is 1.99. The fourth-order valence-electron chi connectivity index (χ4n) is 5.09. The van der Waals surface area contributed by atoms with Crippen molar-refractivity contribution in [3.05, 3.63) is 70.2 Å². The topological polar surface area (TPSA) is 72.4 Å². The van der Waals surface area contributed by atoms with Gasteiger partial charge < -0.3 is 4.74 Å². The van der Waals surface area contributed by atoms with E-state index in [1.165, 1.54) is 12.3 Å². The smallest absolute Gasteiger partial charge is 0.391 e. The second-order valence-corrected chi connectivity index (χ2v) is 11.9. The first kappa shape index (κ1) is 25.1. The fourth-order valence-corrected chi connectivity index (χ4v) is 7.42. The molecule has 2 aliphatic rings. The lowest BCUT2D eigenvalue weighted by atomic mass is 9.84. The van der Waals surface area contributed by atoms with Gasteiger partial charge in [-0.25, -0.2) is 17.8 Å². The lowest BCUT2D eigenvalue weighted by Gasteiger charge is -2.46. The number of benzene rings is 1. The van der Waals surface area contributed by atoms with Crippen molar-refractivity contribution in [1.82, 2.24) is 14.9 Å². The van der Waals surface area contributed by atoms with Gasteiger partial charge in [0.1, 0.15) is 27.2 Å². The molecule has 192 valence electrons. The number of pyridine rings is 1. The zero-order valence-electron chi connectivity index (χ0n) is 19.0. The van der Waals surface area contributed by atoms with Crippen molar-refractivity contribution < 1.29 is 30.7 Å². The minimum atomic E-state index is -4.31. The number of ether oxygens (including phenoxy) is 1. The van der Waals surface area contributed by atoms with Crippen LogP contribution in [-0.2, 0) is 15.6 Å². The summed E-state index contributed by atoms with van der Waals surface area (Å²) in [5.41, 5.74) is 1.14. The maximum absolute atomic E-state index is 15.3. The summed E-state index contributed by atoms with van der Waals surface area (Å²) >= 11 is 1.16. The number of thiazole rings is 1. The van der Waals surface area contributed by atoms with E-state index in [9.17, 15) is 21.6 Å². The standard InChI is InChI=1S/C24H23F4N3O3S2/c25-18-12-17-19(4-9-34-21(17)13-22(18)36(32,33)14-23-30-7-10-35-23)31-8-3-16(24(26,27)28)11-20(31)15-1-5-29-6-2-15/h1-2,5-7,10,12-13,16,19-20H,3-4,8-9,11,14H2/t16-,19+,20+/m1/s1. The van der Waals surface area contributed by atoms with Crippen LogP contribution >= 0.6 is 11.3 Å². The predicted molar refractivity (Wildman–Crippen MR) is 125 cm³/mol. The van der Waals surface area contributed by atoms with Crippen LogP contribution in [0, 0.1) is 11.7 Å². The van der Waals surface area contributed by atoms with E-state index in [4.69, 9.17) is 4.74 Å². The first-order valence-electron chi connectivity index (χ1n) is 11.4. The lowest BCUT2D eigenvalue weighted by Crippen LogP contribution is -2.44. The molecule has 0 aliphatic carbocycles. The van der Waals surface area contributed by atoms with Crippen LogP contribution in [0.5, 0.6) is 5.75 Å². The Morgan fingerprint density at radius 1 is 1.11 bits per heavy atom. The van der Waals surface area contributed by atoms with Gasteiger partial charge in [-0.2, -0.15) is 13.2 Å². The first-order valence-corrected chi connectivity index (χ1v) is 14.0. The van der Waals surface area contributed by atoms with Crippen molar-refractivity contribution in [1.29, 1.82) is 0 Å². The number of piperidine rings is 1. The molecule has 3 atom stereocenters. The van der Waals surface area contributed by atoms with Gasteiger partial charge in [-0.1, -0.05) is 0 Å². The monoisotopic (exact) mass is 541 g/mol.